The zero-order chi connectivity index (χ0) is 18.8. The minimum Gasteiger partial charge on any atom is -0.508 e. The SMILES string of the molecule is O=C(c1cccc(N2CCNC2=O)c1)N1CC=C(c2ccc(O)cc2)CC1. The van der Waals surface area contributed by atoms with Crippen LogP contribution in [0.15, 0.2) is 54.6 Å². The van der Waals surface area contributed by atoms with E-state index in [1.165, 1.54) is 5.57 Å². The van der Waals surface area contributed by atoms with Crippen LogP contribution >= 0.6 is 0 Å². The molecule has 6 heteroatoms. The molecule has 0 aliphatic carbocycles. The van der Waals surface area contributed by atoms with Crippen LogP contribution in [0.3, 0.4) is 0 Å². The molecule has 0 radical (unpaired) electrons. The van der Waals surface area contributed by atoms with Crippen molar-refractivity contribution in [2.75, 3.05) is 31.1 Å². The highest BCUT2D eigenvalue weighted by atomic mass is 16.3. The van der Waals surface area contributed by atoms with Crippen molar-refractivity contribution in [3.05, 3.63) is 65.7 Å². The molecule has 138 valence electrons. The van der Waals surface area contributed by atoms with Gasteiger partial charge in [-0.25, -0.2) is 4.79 Å². The Kier molecular flexibility index (Phi) is 4.54. The maximum atomic E-state index is 12.9. The molecule has 2 aromatic rings. The molecule has 1 saturated heterocycles. The number of nitrogens with one attached hydrogen (secondary N) is 1. The van der Waals surface area contributed by atoms with Gasteiger partial charge in [0.1, 0.15) is 5.75 Å². The summed E-state index contributed by atoms with van der Waals surface area (Å²) in [6, 6.07) is 14.2. The Morgan fingerprint density at radius 3 is 2.56 bits per heavy atom. The van der Waals surface area contributed by atoms with Crippen molar-refractivity contribution < 1.29 is 14.7 Å². The molecular formula is C21H21N3O3. The van der Waals surface area contributed by atoms with Gasteiger partial charge in [-0.05, 0) is 47.9 Å². The summed E-state index contributed by atoms with van der Waals surface area (Å²) in [5, 5.41) is 12.2. The largest absolute Gasteiger partial charge is 0.508 e. The van der Waals surface area contributed by atoms with Crippen LogP contribution in [0.5, 0.6) is 5.75 Å². The Bertz CT molecular complexity index is 905. The van der Waals surface area contributed by atoms with Gasteiger partial charge in [-0.1, -0.05) is 24.3 Å². The third-order valence-electron chi connectivity index (χ3n) is 5.00. The van der Waals surface area contributed by atoms with Gasteiger partial charge in [0.05, 0.1) is 0 Å². The minimum atomic E-state index is -0.126. The fraction of sp³-hybridized carbons (Fsp3) is 0.238. The number of phenols is 1. The van der Waals surface area contributed by atoms with Gasteiger partial charge >= 0.3 is 6.03 Å². The van der Waals surface area contributed by atoms with Gasteiger partial charge in [-0.2, -0.15) is 0 Å². The number of hydrogen-bond acceptors (Lipinski definition) is 3. The average Bonchev–Trinajstić information content (AvgIpc) is 3.14. The predicted molar refractivity (Wildman–Crippen MR) is 104 cm³/mol. The van der Waals surface area contributed by atoms with E-state index < -0.39 is 0 Å². The first-order chi connectivity index (χ1) is 13.1. The molecule has 2 aliphatic rings. The van der Waals surface area contributed by atoms with Crippen LogP contribution in [0, 0.1) is 0 Å². The summed E-state index contributed by atoms with van der Waals surface area (Å²) >= 11 is 0. The Hall–Kier alpha value is -3.28. The molecule has 3 amide bonds. The van der Waals surface area contributed by atoms with Crippen molar-refractivity contribution in [1.29, 1.82) is 0 Å². The highest BCUT2D eigenvalue weighted by Crippen LogP contribution is 2.25. The van der Waals surface area contributed by atoms with E-state index in [1.54, 1.807) is 29.2 Å². The molecule has 2 N–H and O–H groups in total. The number of anilines is 1. The minimum absolute atomic E-state index is 0.0301. The molecule has 0 spiro atoms. The molecule has 0 bridgehead atoms. The summed E-state index contributed by atoms with van der Waals surface area (Å²) in [6.45, 7) is 2.41. The molecule has 6 nitrogen and oxygen atoms in total. The Labute approximate surface area is 157 Å². The van der Waals surface area contributed by atoms with Crippen LogP contribution in [0.1, 0.15) is 22.3 Å². The number of hydrogen-bond donors (Lipinski definition) is 2. The van der Waals surface area contributed by atoms with Crippen LogP contribution in [0.25, 0.3) is 5.57 Å². The third kappa shape index (κ3) is 3.51. The van der Waals surface area contributed by atoms with E-state index in [2.05, 4.69) is 11.4 Å². The molecule has 0 atom stereocenters. The monoisotopic (exact) mass is 363 g/mol. The van der Waals surface area contributed by atoms with Crippen LogP contribution in [0.2, 0.25) is 0 Å². The maximum Gasteiger partial charge on any atom is 0.321 e. The smallest absolute Gasteiger partial charge is 0.321 e. The number of benzene rings is 2. The summed E-state index contributed by atoms with van der Waals surface area (Å²) in [5.74, 6) is 0.219. The highest BCUT2D eigenvalue weighted by molar-refractivity contribution is 5.98. The van der Waals surface area contributed by atoms with Crippen LogP contribution < -0.4 is 10.2 Å². The molecule has 27 heavy (non-hydrogen) atoms. The van der Waals surface area contributed by atoms with Crippen molar-refractivity contribution in [3.8, 4) is 5.75 Å². The standard InChI is InChI=1S/C21H21N3O3/c25-19-6-4-15(5-7-19)16-8-11-23(12-9-16)20(26)17-2-1-3-18(14-17)24-13-10-22-21(24)27/h1-8,14,25H,9-13H2,(H,22,27). The van der Waals surface area contributed by atoms with E-state index >= 15 is 0 Å². The van der Waals surface area contributed by atoms with Gasteiger partial charge in [-0.15, -0.1) is 0 Å². The van der Waals surface area contributed by atoms with E-state index in [9.17, 15) is 14.7 Å². The van der Waals surface area contributed by atoms with E-state index in [1.807, 2.05) is 29.2 Å². The zero-order valence-corrected chi connectivity index (χ0v) is 14.9. The molecule has 2 heterocycles. The van der Waals surface area contributed by atoms with E-state index in [4.69, 9.17) is 0 Å². The van der Waals surface area contributed by atoms with E-state index in [0.29, 0.717) is 31.7 Å². The second-order valence-electron chi connectivity index (χ2n) is 6.71. The van der Waals surface area contributed by atoms with Crippen molar-refractivity contribution in [3.63, 3.8) is 0 Å². The van der Waals surface area contributed by atoms with Gasteiger partial charge in [0.25, 0.3) is 5.91 Å². The Morgan fingerprint density at radius 1 is 1.07 bits per heavy atom. The summed E-state index contributed by atoms with van der Waals surface area (Å²) in [5.41, 5.74) is 3.59. The van der Waals surface area contributed by atoms with Crippen molar-refractivity contribution >= 4 is 23.2 Å². The summed E-state index contributed by atoms with van der Waals surface area (Å²) < 4.78 is 0. The molecule has 2 aromatic carbocycles. The van der Waals surface area contributed by atoms with Gasteiger partial charge in [0, 0.05) is 37.4 Å². The molecule has 1 fully saturated rings. The number of urea groups is 1. The van der Waals surface area contributed by atoms with Crippen molar-refractivity contribution in [2.24, 2.45) is 0 Å². The normalized spacial score (nSPS) is 16.9. The lowest BCUT2D eigenvalue weighted by atomic mass is 9.99. The molecule has 0 saturated carbocycles. The summed E-state index contributed by atoms with van der Waals surface area (Å²) in [7, 11) is 0. The first kappa shape index (κ1) is 17.1. The van der Waals surface area contributed by atoms with Crippen LogP contribution in [-0.4, -0.2) is 48.1 Å². The molecule has 4 rings (SSSR count). The summed E-state index contributed by atoms with van der Waals surface area (Å²) in [4.78, 5) is 28.2. The zero-order valence-electron chi connectivity index (χ0n) is 14.9. The van der Waals surface area contributed by atoms with Crippen LogP contribution in [-0.2, 0) is 0 Å². The molecular weight excluding hydrogens is 342 g/mol. The molecule has 0 aromatic heterocycles. The third-order valence-corrected chi connectivity index (χ3v) is 5.00. The Balaban J connectivity index is 1.48. The number of carbonyl (C=O) groups excluding carboxylic acids is 2. The molecule has 0 unspecified atom stereocenters. The topological polar surface area (TPSA) is 72.9 Å². The van der Waals surface area contributed by atoms with E-state index in [0.717, 1.165) is 17.7 Å². The van der Waals surface area contributed by atoms with Gasteiger partial charge in [0.15, 0.2) is 0 Å². The Morgan fingerprint density at radius 2 is 1.89 bits per heavy atom. The lowest BCUT2D eigenvalue weighted by molar-refractivity contribution is 0.0773. The number of phenolic OH excluding ortho intramolecular Hbond substituents is 1. The van der Waals surface area contributed by atoms with Gasteiger partial charge < -0.3 is 15.3 Å². The average molecular weight is 363 g/mol. The number of rotatable bonds is 3. The van der Waals surface area contributed by atoms with Gasteiger partial charge in [-0.3, -0.25) is 9.69 Å². The second-order valence-corrected chi connectivity index (χ2v) is 6.71. The quantitative estimate of drug-likeness (QED) is 0.881. The number of aromatic hydroxyl groups is 1. The number of amides is 3. The number of carbonyl (C=O) groups is 2. The lowest BCUT2D eigenvalue weighted by Gasteiger charge is -2.27. The lowest BCUT2D eigenvalue weighted by Crippen LogP contribution is -2.35. The fourth-order valence-electron chi connectivity index (χ4n) is 3.50. The predicted octanol–water partition coefficient (Wildman–Crippen LogP) is 2.85. The first-order valence-electron chi connectivity index (χ1n) is 9.05. The second kappa shape index (κ2) is 7.15. The maximum absolute atomic E-state index is 12.9. The fourth-order valence-corrected chi connectivity index (χ4v) is 3.50. The van der Waals surface area contributed by atoms with Crippen LogP contribution in [0.4, 0.5) is 10.5 Å². The number of nitrogens with zero attached hydrogens (tertiary/aromatic N) is 2. The van der Waals surface area contributed by atoms with E-state index in [-0.39, 0.29) is 17.7 Å². The first-order valence-corrected chi connectivity index (χ1v) is 9.05. The van der Waals surface area contributed by atoms with Gasteiger partial charge in [0.2, 0.25) is 0 Å². The molecule has 2 aliphatic heterocycles. The summed E-state index contributed by atoms with van der Waals surface area (Å²) in [6.07, 6.45) is 2.83. The van der Waals surface area contributed by atoms with Crippen molar-refractivity contribution in [2.45, 2.75) is 6.42 Å². The highest BCUT2D eigenvalue weighted by Gasteiger charge is 2.23. The van der Waals surface area contributed by atoms with Crippen molar-refractivity contribution in [1.82, 2.24) is 10.2 Å².